The summed E-state index contributed by atoms with van der Waals surface area (Å²) >= 11 is 0. The van der Waals surface area contributed by atoms with Crippen LogP contribution in [0.25, 0.3) is 5.95 Å². The van der Waals surface area contributed by atoms with Crippen LogP contribution in [0.1, 0.15) is 11.4 Å². The lowest BCUT2D eigenvalue weighted by Crippen LogP contribution is -2.01. The van der Waals surface area contributed by atoms with E-state index in [2.05, 4.69) is 25.7 Å². The van der Waals surface area contributed by atoms with Gasteiger partial charge in [0.2, 0.25) is 0 Å². The van der Waals surface area contributed by atoms with Crippen LogP contribution in [-0.2, 0) is 0 Å². The number of aromatic amines is 1. The summed E-state index contributed by atoms with van der Waals surface area (Å²) in [7, 11) is 0. The zero-order chi connectivity index (χ0) is 8.55. The van der Waals surface area contributed by atoms with Gasteiger partial charge in [-0.05, 0) is 25.1 Å². The van der Waals surface area contributed by atoms with Crippen molar-refractivity contribution in [3.63, 3.8) is 0 Å². The molecule has 0 radical (unpaired) electrons. The number of hydrogen-bond acceptors (Lipinski definition) is 4. The molecule has 0 aliphatic carbocycles. The Labute approximate surface area is 68.6 Å². The molecule has 2 aromatic heterocycles. The maximum absolute atomic E-state index is 4.18. The number of nitrogens with one attached hydrogen (secondary N) is 1. The molecule has 2 heterocycles. The van der Waals surface area contributed by atoms with E-state index < -0.39 is 0 Å². The first-order chi connectivity index (χ1) is 5.77. The van der Waals surface area contributed by atoms with Crippen molar-refractivity contribution in [2.45, 2.75) is 13.8 Å². The molecule has 0 spiro atoms. The van der Waals surface area contributed by atoms with Crippen LogP contribution in [0.3, 0.4) is 0 Å². The van der Waals surface area contributed by atoms with E-state index in [0.717, 1.165) is 11.4 Å². The highest BCUT2D eigenvalue weighted by Gasteiger charge is 2.06. The molecule has 2 aromatic rings. The van der Waals surface area contributed by atoms with Crippen molar-refractivity contribution in [1.29, 1.82) is 0 Å². The Kier molecular flexibility index (Phi) is 1.39. The number of tetrazole rings is 1. The van der Waals surface area contributed by atoms with Gasteiger partial charge in [0, 0.05) is 5.69 Å². The zero-order valence-corrected chi connectivity index (χ0v) is 6.81. The van der Waals surface area contributed by atoms with E-state index in [4.69, 9.17) is 0 Å². The number of rotatable bonds is 1. The predicted molar refractivity (Wildman–Crippen MR) is 40.8 cm³/mol. The lowest BCUT2D eigenvalue weighted by atomic mass is 10.4. The Morgan fingerprint density at radius 2 is 2.25 bits per heavy atom. The lowest BCUT2D eigenvalue weighted by molar-refractivity contribution is 0.777. The van der Waals surface area contributed by atoms with Gasteiger partial charge in [-0.3, -0.25) is 0 Å². The van der Waals surface area contributed by atoms with Crippen LogP contribution in [-0.4, -0.2) is 30.4 Å². The summed E-state index contributed by atoms with van der Waals surface area (Å²) in [5.41, 5.74) is 1.94. The fourth-order valence-electron chi connectivity index (χ4n) is 1.08. The molecule has 2 rings (SSSR count). The van der Waals surface area contributed by atoms with Gasteiger partial charge in [-0.25, -0.2) is 4.68 Å². The smallest absolute Gasteiger partial charge is 0.200 e. The monoisotopic (exact) mass is 164 g/mol. The second-order valence-electron chi connectivity index (χ2n) is 2.55. The van der Waals surface area contributed by atoms with Crippen molar-refractivity contribution in [2.75, 3.05) is 0 Å². The highest BCUT2D eigenvalue weighted by atomic mass is 15.5. The Hall–Kier alpha value is -1.72. The summed E-state index contributed by atoms with van der Waals surface area (Å²) in [6, 6.07) is 1.95. The molecule has 12 heavy (non-hydrogen) atoms. The first-order valence-corrected chi connectivity index (χ1v) is 3.54. The lowest BCUT2D eigenvalue weighted by Gasteiger charge is -1.93. The molecule has 0 aliphatic rings. The maximum atomic E-state index is 4.18. The molecule has 6 heteroatoms. The number of hydrogen-bond donors (Lipinski definition) is 1. The van der Waals surface area contributed by atoms with Gasteiger partial charge in [-0.1, -0.05) is 5.10 Å². The highest BCUT2D eigenvalue weighted by Crippen LogP contribution is 2.04. The maximum Gasteiger partial charge on any atom is 0.290 e. The average Bonchev–Trinajstić information content (AvgIpc) is 2.58. The predicted octanol–water partition coefficient (Wildman–Crippen LogP) is 0.00224. The number of nitrogens with zero attached hydrogens (tertiary/aromatic N) is 5. The third-order valence-electron chi connectivity index (χ3n) is 1.53. The fourth-order valence-corrected chi connectivity index (χ4v) is 1.08. The minimum atomic E-state index is 0.473. The first kappa shape index (κ1) is 6.96. The second kappa shape index (κ2) is 2.40. The van der Waals surface area contributed by atoms with Gasteiger partial charge in [0.15, 0.2) is 0 Å². The van der Waals surface area contributed by atoms with Crippen molar-refractivity contribution in [3.05, 3.63) is 17.5 Å². The minimum Gasteiger partial charge on any atom is -0.200 e. The van der Waals surface area contributed by atoms with E-state index in [1.54, 1.807) is 4.68 Å². The Morgan fingerprint density at radius 1 is 1.42 bits per heavy atom. The van der Waals surface area contributed by atoms with Crippen molar-refractivity contribution in [1.82, 2.24) is 30.4 Å². The van der Waals surface area contributed by atoms with E-state index in [1.165, 1.54) is 0 Å². The molecule has 0 saturated carbocycles. The summed E-state index contributed by atoms with van der Waals surface area (Å²) in [5.74, 6) is 0.473. The molecule has 0 amide bonds. The van der Waals surface area contributed by atoms with Crippen LogP contribution in [0.15, 0.2) is 6.07 Å². The topological polar surface area (TPSA) is 72.3 Å². The van der Waals surface area contributed by atoms with Crippen molar-refractivity contribution >= 4 is 0 Å². The normalized spacial score (nSPS) is 10.5. The molecule has 0 aromatic carbocycles. The van der Waals surface area contributed by atoms with E-state index in [1.807, 2.05) is 19.9 Å². The average molecular weight is 164 g/mol. The van der Waals surface area contributed by atoms with Gasteiger partial charge in [0.25, 0.3) is 5.95 Å². The van der Waals surface area contributed by atoms with Gasteiger partial charge >= 0.3 is 0 Å². The third-order valence-corrected chi connectivity index (χ3v) is 1.53. The second-order valence-corrected chi connectivity index (χ2v) is 2.55. The van der Waals surface area contributed by atoms with Gasteiger partial charge in [-0.15, -0.1) is 5.10 Å². The van der Waals surface area contributed by atoms with Crippen LogP contribution in [0.5, 0.6) is 0 Å². The summed E-state index contributed by atoms with van der Waals surface area (Å²) < 4.78 is 1.64. The molecule has 0 saturated heterocycles. The molecule has 1 N–H and O–H groups in total. The molecular weight excluding hydrogens is 156 g/mol. The summed E-state index contributed by atoms with van der Waals surface area (Å²) in [5, 5.41) is 17.6. The fraction of sp³-hybridized carbons (Fsp3) is 0.333. The van der Waals surface area contributed by atoms with Gasteiger partial charge in [-0.2, -0.15) is 10.3 Å². The first-order valence-electron chi connectivity index (χ1n) is 3.54. The largest absolute Gasteiger partial charge is 0.290 e. The molecule has 0 bridgehead atoms. The summed E-state index contributed by atoms with van der Waals surface area (Å²) in [6.45, 7) is 3.86. The van der Waals surface area contributed by atoms with Crippen LogP contribution in [0, 0.1) is 13.8 Å². The summed E-state index contributed by atoms with van der Waals surface area (Å²) in [6.07, 6.45) is 0. The van der Waals surface area contributed by atoms with Crippen LogP contribution >= 0.6 is 0 Å². The third kappa shape index (κ3) is 0.969. The van der Waals surface area contributed by atoms with Gasteiger partial charge in [0.05, 0.1) is 5.69 Å². The Balaban J connectivity index is 2.54. The van der Waals surface area contributed by atoms with Crippen molar-refractivity contribution in [2.24, 2.45) is 0 Å². The highest BCUT2D eigenvalue weighted by molar-refractivity contribution is 5.15. The van der Waals surface area contributed by atoms with Crippen LogP contribution in [0.4, 0.5) is 0 Å². The molecule has 0 unspecified atom stereocenters. The van der Waals surface area contributed by atoms with Gasteiger partial charge < -0.3 is 0 Å². The van der Waals surface area contributed by atoms with Crippen molar-refractivity contribution < 1.29 is 0 Å². The Bertz CT molecular complexity index is 373. The zero-order valence-electron chi connectivity index (χ0n) is 6.81. The van der Waals surface area contributed by atoms with E-state index in [0.29, 0.717) is 5.95 Å². The molecule has 0 atom stereocenters. The van der Waals surface area contributed by atoms with E-state index in [-0.39, 0.29) is 0 Å². The van der Waals surface area contributed by atoms with E-state index in [9.17, 15) is 0 Å². The Morgan fingerprint density at radius 3 is 2.75 bits per heavy atom. The SMILES string of the molecule is Cc1cc(C)n(-c2nn[nH]n2)n1. The molecular formula is C6H8N6. The quantitative estimate of drug-likeness (QED) is 0.644. The number of aryl methyl sites for hydroxylation is 2. The number of H-pyrrole nitrogens is 1. The molecule has 0 fully saturated rings. The van der Waals surface area contributed by atoms with Crippen LogP contribution in [0.2, 0.25) is 0 Å². The van der Waals surface area contributed by atoms with Gasteiger partial charge in [0.1, 0.15) is 0 Å². The standard InChI is InChI=1S/C6H8N6/c1-4-3-5(2)12(9-4)6-7-10-11-8-6/h3H,1-2H3,(H,7,8,10,11). The van der Waals surface area contributed by atoms with Crippen LogP contribution < -0.4 is 0 Å². The molecule has 0 aliphatic heterocycles. The summed E-state index contributed by atoms with van der Waals surface area (Å²) in [4.78, 5) is 0. The minimum absolute atomic E-state index is 0.473. The van der Waals surface area contributed by atoms with Crippen molar-refractivity contribution in [3.8, 4) is 5.95 Å². The number of aromatic nitrogens is 6. The molecule has 62 valence electrons. The molecule has 6 nitrogen and oxygen atoms in total. The van der Waals surface area contributed by atoms with E-state index >= 15 is 0 Å².